The molecule has 0 amide bonds. The fourth-order valence-corrected chi connectivity index (χ4v) is 0.340. The molecule has 0 atom stereocenters. The van der Waals surface area contributed by atoms with E-state index in [1.807, 2.05) is 12.2 Å². The van der Waals surface area contributed by atoms with Crippen molar-refractivity contribution in [1.29, 1.82) is 0 Å². The van der Waals surface area contributed by atoms with Gasteiger partial charge in [0.05, 0.1) is 0 Å². The monoisotopic (exact) mass is 458 g/mol. The Balaban J connectivity index is -0.000000110. The average Bonchev–Trinajstić information content (AvgIpc) is 2.38. The molecule has 1 aliphatic carbocycles. The second kappa shape index (κ2) is 9.74. The Kier molecular flexibility index (Phi) is 13.2. The van der Waals surface area contributed by atoms with Crippen LogP contribution in [0.4, 0.5) is 0 Å². The van der Waals surface area contributed by atoms with Crippen molar-refractivity contribution in [2.75, 3.05) is 40.0 Å². The van der Waals surface area contributed by atoms with Crippen LogP contribution in [0.5, 0.6) is 0 Å². The zero-order valence-electron chi connectivity index (χ0n) is 14.6. The van der Waals surface area contributed by atoms with Gasteiger partial charge in [-0.25, -0.2) is 12.2 Å². The molecular formula is C11H30CoO9P3. The van der Waals surface area contributed by atoms with Gasteiger partial charge in [0.25, 0.3) is 0 Å². The largest absolute Gasteiger partial charge is 3.00 e. The maximum Gasteiger partial charge on any atom is 3.00 e. The van der Waals surface area contributed by atoms with Gasteiger partial charge in [0.1, 0.15) is 0 Å². The topological polar surface area (TPSA) is 188 Å². The zero-order chi connectivity index (χ0) is 19.9. The van der Waals surface area contributed by atoms with Gasteiger partial charge in [0, 0.05) is 0 Å². The van der Waals surface area contributed by atoms with Crippen LogP contribution in [0, 0.1) is 6.08 Å². The SMILES string of the molecule is CP(C)(O)(O)O.CP(C)(O)(O)O.CP(C)([O-])([O-])O.[C-]1=CC=CC1.[Co+3]. The summed E-state index contributed by atoms with van der Waals surface area (Å²) in [6, 6.07) is 0. The van der Waals surface area contributed by atoms with Crippen LogP contribution in [-0.4, -0.2) is 74.2 Å². The van der Waals surface area contributed by atoms with Gasteiger partial charge in [-0.15, -0.1) is 6.42 Å². The molecule has 0 unspecified atom stereocenters. The Labute approximate surface area is 153 Å². The first-order chi connectivity index (χ1) is 9.21. The van der Waals surface area contributed by atoms with E-state index < -0.39 is 21.9 Å². The summed E-state index contributed by atoms with van der Waals surface area (Å²) in [4.78, 5) is 77.0. The standard InChI is InChI=1S/C5H5.2C2H9O3P.C2H7O3P.Co/c1-2-4-5-3-1;3*1-6(2,3,4)5;/h1-3H,4H2;2*3-5H,1-2H3;3H,1-2H3;/q-1;;;-2;+3. The third kappa shape index (κ3) is 314. The van der Waals surface area contributed by atoms with E-state index in [1.165, 1.54) is 0 Å². The molecule has 0 aliphatic heterocycles. The van der Waals surface area contributed by atoms with Gasteiger partial charge in [0.15, 0.2) is 0 Å². The van der Waals surface area contributed by atoms with Crippen molar-refractivity contribution in [3.05, 3.63) is 24.3 Å². The van der Waals surface area contributed by atoms with Crippen LogP contribution in [0.3, 0.4) is 0 Å². The summed E-state index contributed by atoms with van der Waals surface area (Å²) < 4.78 is 0. The first-order valence-electron chi connectivity index (χ1n) is 6.17. The van der Waals surface area contributed by atoms with Crippen LogP contribution in [0.15, 0.2) is 18.2 Å². The van der Waals surface area contributed by atoms with E-state index in [9.17, 15) is 9.79 Å². The molecule has 152 valence electrons. The maximum absolute atomic E-state index is 9.81. The Bertz CT molecular complexity index is 313. The van der Waals surface area contributed by atoms with Crippen molar-refractivity contribution < 1.29 is 60.8 Å². The van der Waals surface area contributed by atoms with Crippen LogP contribution < -0.4 is 9.79 Å². The van der Waals surface area contributed by atoms with E-state index in [2.05, 4.69) is 12.2 Å². The Hall–Kier alpha value is 0.916. The number of allylic oxidation sites excluding steroid dienone is 4. The molecule has 1 rings (SSSR count). The molecule has 0 aromatic heterocycles. The third-order valence-electron chi connectivity index (χ3n) is 0.586. The summed E-state index contributed by atoms with van der Waals surface area (Å²) in [7, 11) is -12.6. The summed E-state index contributed by atoms with van der Waals surface area (Å²) in [5, 5.41) is 0. The van der Waals surface area contributed by atoms with E-state index in [1.54, 1.807) is 0 Å². The average molecular weight is 458 g/mol. The molecule has 13 heteroatoms. The molecule has 0 saturated carbocycles. The molecule has 0 fully saturated rings. The molecule has 24 heavy (non-hydrogen) atoms. The zero-order valence-corrected chi connectivity index (χ0v) is 18.3. The van der Waals surface area contributed by atoms with Gasteiger partial charge in [-0.3, -0.25) is 6.08 Å². The van der Waals surface area contributed by atoms with Crippen molar-refractivity contribution in [2.24, 2.45) is 0 Å². The van der Waals surface area contributed by atoms with Crippen molar-refractivity contribution in [1.82, 2.24) is 0 Å². The fraction of sp³-hybridized carbons (Fsp3) is 0.636. The summed E-state index contributed by atoms with van der Waals surface area (Å²) in [6.45, 7) is 5.59. The summed E-state index contributed by atoms with van der Waals surface area (Å²) in [5.41, 5.74) is 0. The minimum absolute atomic E-state index is 0. The van der Waals surface area contributed by atoms with Crippen LogP contribution in [-0.2, 0) is 16.8 Å². The first-order valence-corrected chi connectivity index (χ1v) is 15.1. The molecule has 0 aromatic carbocycles. The molecule has 0 saturated heterocycles. The summed E-state index contributed by atoms with van der Waals surface area (Å²) in [6.07, 6.45) is 10.0. The molecule has 0 heterocycles. The third-order valence-corrected chi connectivity index (χ3v) is 0.586. The van der Waals surface area contributed by atoms with Crippen molar-refractivity contribution in [3.8, 4) is 0 Å². The Morgan fingerprint density at radius 2 is 0.958 bits per heavy atom. The predicted molar refractivity (Wildman–Crippen MR) is 93.4 cm³/mol. The van der Waals surface area contributed by atoms with Gasteiger partial charge >= 0.3 is 123 Å². The normalized spacial score (nSPS) is 18.0. The smallest absolute Gasteiger partial charge is 0.273 e. The van der Waals surface area contributed by atoms with E-state index >= 15 is 0 Å². The molecule has 0 aromatic rings. The maximum atomic E-state index is 9.81. The first kappa shape index (κ1) is 32.6. The van der Waals surface area contributed by atoms with E-state index in [4.69, 9.17) is 34.3 Å². The summed E-state index contributed by atoms with van der Waals surface area (Å²) >= 11 is 0. The number of hydrogen-bond acceptors (Lipinski definition) is 9. The van der Waals surface area contributed by atoms with Crippen molar-refractivity contribution >= 4 is 21.9 Å². The van der Waals surface area contributed by atoms with Gasteiger partial charge < -0.3 is 0 Å². The van der Waals surface area contributed by atoms with Crippen molar-refractivity contribution in [2.45, 2.75) is 6.42 Å². The molecule has 9 nitrogen and oxygen atoms in total. The quantitative estimate of drug-likeness (QED) is 0.169. The molecule has 0 bridgehead atoms. The Morgan fingerprint density at radius 3 is 1.00 bits per heavy atom. The van der Waals surface area contributed by atoms with E-state index in [0.29, 0.717) is 0 Å². The molecule has 1 aliphatic rings. The Morgan fingerprint density at radius 1 is 0.750 bits per heavy atom. The number of hydrogen-bond donors (Lipinski definition) is 7. The molecule has 7 N–H and O–H groups in total. The second-order valence-electron chi connectivity index (χ2n) is 6.65. The summed E-state index contributed by atoms with van der Waals surface area (Å²) in [5.74, 6) is 0. The van der Waals surface area contributed by atoms with Gasteiger partial charge in [-0.2, -0.15) is 6.08 Å². The van der Waals surface area contributed by atoms with Gasteiger partial charge in [-0.05, 0) is 0 Å². The second-order valence-corrected chi connectivity index (χ2v) is 17.9. The van der Waals surface area contributed by atoms with E-state index in [0.717, 1.165) is 46.4 Å². The van der Waals surface area contributed by atoms with Crippen LogP contribution in [0.1, 0.15) is 6.42 Å². The molecule has 0 spiro atoms. The molecule has 0 radical (unpaired) electrons. The minimum Gasteiger partial charge on any atom is -0.273 e. The van der Waals surface area contributed by atoms with Gasteiger partial charge in [0.2, 0.25) is 0 Å². The minimum atomic E-state index is -4.55. The fourth-order valence-electron chi connectivity index (χ4n) is 0.340. The van der Waals surface area contributed by atoms with Crippen molar-refractivity contribution in [3.63, 3.8) is 0 Å². The number of rotatable bonds is 0. The van der Waals surface area contributed by atoms with Crippen LogP contribution >= 0.6 is 21.9 Å². The van der Waals surface area contributed by atoms with Crippen LogP contribution in [0.25, 0.3) is 0 Å². The molecular weight excluding hydrogens is 428 g/mol. The van der Waals surface area contributed by atoms with Gasteiger partial charge in [-0.1, -0.05) is 0 Å². The van der Waals surface area contributed by atoms with Crippen LogP contribution in [0.2, 0.25) is 0 Å². The predicted octanol–water partition coefficient (Wildman–Crippen LogP) is -1.40. The van der Waals surface area contributed by atoms with E-state index in [-0.39, 0.29) is 16.8 Å².